The molecule has 0 N–H and O–H groups in total. The van der Waals surface area contributed by atoms with Gasteiger partial charge in [-0.05, 0) is 19.9 Å². The lowest BCUT2D eigenvalue weighted by Crippen LogP contribution is -2.25. The molecule has 0 aliphatic rings. The summed E-state index contributed by atoms with van der Waals surface area (Å²) in [7, 11) is 0. The summed E-state index contributed by atoms with van der Waals surface area (Å²) in [6, 6.07) is 0. The first-order valence-corrected chi connectivity index (χ1v) is 3.65. The summed E-state index contributed by atoms with van der Waals surface area (Å²) < 4.78 is 9.98. The molecule has 0 aromatic heterocycles. The Kier molecular flexibility index (Phi) is 5.70. The van der Waals surface area contributed by atoms with Gasteiger partial charge in [0, 0.05) is 13.2 Å². The lowest BCUT2D eigenvalue weighted by atomic mass is 10.4. The Morgan fingerprint density at radius 2 is 1.91 bits per heavy atom. The Morgan fingerprint density at radius 1 is 1.45 bits per heavy atom. The lowest BCUT2D eigenvalue weighted by molar-refractivity contribution is -0.162. The van der Waals surface area contributed by atoms with Crippen LogP contribution < -0.4 is 0 Å². The second-order valence-corrected chi connectivity index (χ2v) is 1.85. The maximum Gasteiger partial charge on any atom is 0.221 e. The van der Waals surface area contributed by atoms with Crippen LogP contribution in [-0.4, -0.2) is 25.3 Å². The highest BCUT2D eigenvalue weighted by atomic mass is 16.7. The lowest BCUT2D eigenvalue weighted by Gasteiger charge is -2.12. The van der Waals surface area contributed by atoms with Crippen LogP contribution in [0.4, 0.5) is 0 Å². The molecule has 3 nitrogen and oxygen atoms in total. The topological polar surface area (TPSA) is 35.5 Å². The number of ether oxygens (including phenoxy) is 2. The van der Waals surface area contributed by atoms with Gasteiger partial charge < -0.3 is 9.47 Å². The molecule has 3 heteroatoms. The number of carbonyl (C=O) groups is 1. The molecule has 0 bridgehead atoms. The van der Waals surface area contributed by atoms with E-state index in [-0.39, 0.29) is 5.78 Å². The zero-order valence-corrected chi connectivity index (χ0v) is 7.00. The molecule has 0 aromatic rings. The average molecular weight is 158 g/mol. The van der Waals surface area contributed by atoms with Crippen LogP contribution in [0.2, 0.25) is 0 Å². The molecule has 0 radical (unpaired) electrons. The number of hydrogen-bond donors (Lipinski definition) is 0. The minimum Gasteiger partial charge on any atom is -0.346 e. The third kappa shape index (κ3) is 3.91. The Bertz CT molecular complexity index is 125. The fraction of sp³-hybridized carbons (Fsp3) is 0.625. The van der Waals surface area contributed by atoms with E-state index in [2.05, 4.69) is 6.58 Å². The first-order valence-electron chi connectivity index (χ1n) is 3.65. The molecule has 0 aliphatic heterocycles. The predicted octanol–water partition coefficient (Wildman–Crippen LogP) is 1.14. The molecule has 0 aliphatic carbocycles. The van der Waals surface area contributed by atoms with Gasteiger partial charge in [-0.1, -0.05) is 6.58 Å². The number of rotatable bonds is 6. The van der Waals surface area contributed by atoms with Crippen LogP contribution in [0.5, 0.6) is 0 Å². The third-order valence-electron chi connectivity index (χ3n) is 1.07. The largest absolute Gasteiger partial charge is 0.346 e. The van der Waals surface area contributed by atoms with Crippen molar-refractivity contribution in [3.8, 4) is 0 Å². The van der Waals surface area contributed by atoms with Crippen LogP contribution in [0.1, 0.15) is 13.8 Å². The van der Waals surface area contributed by atoms with Gasteiger partial charge in [-0.3, -0.25) is 4.79 Å². The van der Waals surface area contributed by atoms with Crippen molar-refractivity contribution in [2.24, 2.45) is 0 Å². The van der Waals surface area contributed by atoms with Gasteiger partial charge in [-0.2, -0.15) is 0 Å². The van der Waals surface area contributed by atoms with Gasteiger partial charge in [0.1, 0.15) is 0 Å². The van der Waals surface area contributed by atoms with Crippen molar-refractivity contribution in [3.63, 3.8) is 0 Å². The summed E-state index contributed by atoms with van der Waals surface area (Å²) in [5.74, 6) is -0.228. The van der Waals surface area contributed by atoms with Crippen molar-refractivity contribution in [2.75, 3.05) is 13.2 Å². The highest BCUT2D eigenvalue weighted by Gasteiger charge is 2.14. The molecule has 0 saturated carbocycles. The Balaban J connectivity index is 3.86. The van der Waals surface area contributed by atoms with Crippen LogP contribution in [-0.2, 0) is 14.3 Å². The third-order valence-corrected chi connectivity index (χ3v) is 1.07. The molecule has 11 heavy (non-hydrogen) atoms. The van der Waals surface area contributed by atoms with Crippen molar-refractivity contribution < 1.29 is 14.3 Å². The second-order valence-electron chi connectivity index (χ2n) is 1.85. The molecule has 0 aromatic carbocycles. The molecule has 0 unspecified atom stereocenters. The first kappa shape index (κ1) is 10.3. The van der Waals surface area contributed by atoms with Crippen LogP contribution >= 0.6 is 0 Å². The number of hydrogen-bond acceptors (Lipinski definition) is 3. The average Bonchev–Trinajstić information content (AvgIpc) is 2.03. The van der Waals surface area contributed by atoms with Crippen LogP contribution in [0.3, 0.4) is 0 Å². The number of carbonyl (C=O) groups excluding carboxylic acids is 1. The van der Waals surface area contributed by atoms with Gasteiger partial charge in [-0.15, -0.1) is 0 Å². The highest BCUT2D eigenvalue weighted by molar-refractivity contribution is 5.91. The minimum absolute atomic E-state index is 0.228. The summed E-state index contributed by atoms with van der Waals surface area (Å²) in [5.41, 5.74) is 0. The van der Waals surface area contributed by atoms with Gasteiger partial charge in [0.15, 0.2) is 0 Å². The van der Waals surface area contributed by atoms with E-state index in [1.54, 1.807) is 0 Å². The maximum atomic E-state index is 10.9. The molecule has 64 valence electrons. The van der Waals surface area contributed by atoms with Crippen molar-refractivity contribution in [1.82, 2.24) is 0 Å². The number of ketones is 1. The molecule has 0 atom stereocenters. The van der Waals surface area contributed by atoms with E-state index in [9.17, 15) is 4.79 Å². The van der Waals surface area contributed by atoms with Crippen molar-refractivity contribution in [3.05, 3.63) is 12.7 Å². The van der Waals surface area contributed by atoms with E-state index in [0.717, 1.165) is 0 Å². The van der Waals surface area contributed by atoms with Gasteiger partial charge in [0.25, 0.3) is 0 Å². The summed E-state index contributed by atoms with van der Waals surface area (Å²) in [5, 5.41) is 0. The molecule has 0 amide bonds. The van der Waals surface area contributed by atoms with E-state index in [0.29, 0.717) is 13.2 Å². The summed E-state index contributed by atoms with van der Waals surface area (Å²) in [6.07, 6.45) is 0.443. The standard InChI is InChI=1S/C8H14O3/c1-4-7(9)8(10-5-2)11-6-3/h4,8H,1,5-6H2,2-3H3. The van der Waals surface area contributed by atoms with Gasteiger partial charge in [0.05, 0.1) is 0 Å². The fourth-order valence-corrected chi connectivity index (χ4v) is 0.611. The van der Waals surface area contributed by atoms with Crippen molar-refractivity contribution in [1.29, 1.82) is 0 Å². The van der Waals surface area contributed by atoms with Gasteiger partial charge >= 0.3 is 0 Å². The monoisotopic (exact) mass is 158 g/mol. The van der Waals surface area contributed by atoms with Crippen LogP contribution in [0.15, 0.2) is 12.7 Å². The second kappa shape index (κ2) is 6.07. The van der Waals surface area contributed by atoms with Gasteiger partial charge in [-0.25, -0.2) is 0 Å². The minimum atomic E-state index is -0.762. The highest BCUT2D eigenvalue weighted by Crippen LogP contribution is 1.96. The Labute approximate surface area is 67.0 Å². The maximum absolute atomic E-state index is 10.9. The normalized spacial score (nSPS) is 10.1. The molecule has 0 spiro atoms. The predicted molar refractivity (Wildman–Crippen MR) is 42.2 cm³/mol. The molecule has 0 saturated heterocycles. The SMILES string of the molecule is C=CC(=O)C(OCC)OCC. The molecular weight excluding hydrogens is 144 g/mol. The molecule has 0 rings (SSSR count). The Morgan fingerprint density at radius 3 is 2.18 bits per heavy atom. The molecular formula is C8H14O3. The Hall–Kier alpha value is -0.670. The zero-order chi connectivity index (χ0) is 8.69. The summed E-state index contributed by atoms with van der Waals surface area (Å²) in [4.78, 5) is 10.9. The van der Waals surface area contributed by atoms with Crippen LogP contribution in [0.25, 0.3) is 0 Å². The zero-order valence-electron chi connectivity index (χ0n) is 7.00. The van der Waals surface area contributed by atoms with E-state index >= 15 is 0 Å². The molecule has 0 fully saturated rings. The van der Waals surface area contributed by atoms with Gasteiger partial charge in [0.2, 0.25) is 12.1 Å². The van der Waals surface area contributed by atoms with E-state index < -0.39 is 6.29 Å². The van der Waals surface area contributed by atoms with E-state index in [1.807, 2.05) is 13.8 Å². The molecule has 0 heterocycles. The summed E-state index contributed by atoms with van der Waals surface area (Å²) in [6.45, 7) is 7.88. The quantitative estimate of drug-likeness (QED) is 0.429. The first-order chi connectivity index (χ1) is 5.26. The van der Waals surface area contributed by atoms with E-state index in [4.69, 9.17) is 9.47 Å². The van der Waals surface area contributed by atoms with E-state index in [1.165, 1.54) is 6.08 Å². The van der Waals surface area contributed by atoms with Crippen molar-refractivity contribution >= 4 is 5.78 Å². The summed E-state index contributed by atoms with van der Waals surface area (Å²) >= 11 is 0. The smallest absolute Gasteiger partial charge is 0.221 e. The van der Waals surface area contributed by atoms with Crippen LogP contribution in [0, 0.1) is 0 Å². The van der Waals surface area contributed by atoms with Crippen molar-refractivity contribution in [2.45, 2.75) is 20.1 Å². The fourth-order valence-electron chi connectivity index (χ4n) is 0.611.